The normalized spacial score (nSPS) is 10.9. The predicted molar refractivity (Wildman–Crippen MR) is 84.7 cm³/mol. The van der Waals surface area contributed by atoms with Crippen LogP contribution in [0.5, 0.6) is 5.75 Å². The van der Waals surface area contributed by atoms with Crippen molar-refractivity contribution in [2.24, 2.45) is 7.05 Å². The number of phenols is 1. The van der Waals surface area contributed by atoms with Crippen molar-refractivity contribution in [3.05, 3.63) is 59.2 Å². The van der Waals surface area contributed by atoms with Gasteiger partial charge in [-0.25, -0.2) is 9.37 Å². The van der Waals surface area contributed by atoms with Gasteiger partial charge in [0.15, 0.2) is 11.6 Å². The Hall–Kier alpha value is -2.89. The minimum Gasteiger partial charge on any atom is -0.505 e. The van der Waals surface area contributed by atoms with Crippen LogP contribution in [-0.2, 0) is 13.6 Å². The molecule has 0 aliphatic heterocycles. The number of aryl methyl sites for hydroxylation is 2. The molecule has 1 amide bonds. The molecule has 0 atom stereocenters. The summed E-state index contributed by atoms with van der Waals surface area (Å²) in [4.78, 5) is 16.5. The van der Waals surface area contributed by atoms with Gasteiger partial charge < -0.3 is 15.0 Å². The number of carbonyl (C=O) groups is 1. The van der Waals surface area contributed by atoms with Crippen molar-refractivity contribution in [3.8, 4) is 5.75 Å². The maximum Gasteiger partial charge on any atom is 0.251 e. The number of imidazole rings is 1. The summed E-state index contributed by atoms with van der Waals surface area (Å²) in [6, 6.07) is 8.17. The van der Waals surface area contributed by atoms with Crippen LogP contribution in [0.25, 0.3) is 11.0 Å². The molecule has 0 spiro atoms. The number of nitrogens with zero attached hydrogens (tertiary/aromatic N) is 2. The van der Waals surface area contributed by atoms with Gasteiger partial charge in [0.1, 0.15) is 0 Å². The molecule has 0 saturated heterocycles. The number of halogens is 1. The monoisotopic (exact) mass is 313 g/mol. The summed E-state index contributed by atoms with van der Waals surface area (Å²) >= 11 is 0. The summed E-state index contributed by atoms with van der Waals surface area (Å²) in [5, 5.41) is 12.2. The van der Waals surface area contributed by atoms with E-state index in [1.165, 1.54) is 6.07 Å². The summed E-state index contributed by atoms with van der Waals surface area (Å²) in [6.07, 6.45) is 1.72. The zero-order valence-corrected chi connectivity index (χ0v) is 12.8. The number of amides is 1. The number of para-hydroxylation sites is 1. The highest BCUT2D eigenvalue weighted by Crippen LogP contribution is 2.22. The fourth-order valence-electron chi connectivity index (χ4n) is 2.58. The van der Waals surface area contributed by atoms with Crippen molar-refractivity contribution in [1.29, 1.82) is 0 Å². The number of aromatic hydroxyl groups is 1. The van der Waals surface area contributed by atoms with Crippen LogP contribution in [0.4, 0.5) is 4.39 Å². The first kappa shape index (κ1) is 15.0. The van der Waals surface area contributed by atoms with E-state index in [-0.39, 0.29) is 5.56 Å². The molecule has 2 N–H and O–H groups in total. The van der Waals surface area contributed by atoms with Gasteiger partial charge in [0.25, 0.3) is 5.91 Å². The average Bonchev–Trinajstić information content (AvgIpc) is 2.92. The van der Waals surface area contributed by atoms with E-state index in [9.17, 15) is 14.3 Å². The van der Waals surface area contributed by atoms with Crippen LogP contribution in [0.15, 0.2) is 36.7 Å². The van der Waals surface area contributed by atoms with E-state index in [1.54, 1.807) is 13.3 Å². The number of benzene rings is 2. The van der Waals surface area contributed by atoms with Gasteiger partial charge in [-0.3, -0.25) is 4.79 Å². The smallest absolute Gasteiger partial charge is 0.251 e. The largest absolute Gasteiger partial charge is 0.505 e. The highest BCUT2D eigenvalue weighted by Gasteiger charge is 2.13. The standard InChI is InChI=1S/C17H16FN3O2/c1-10-6-12(7-13(18)16(10)22)17(23)19-8-11-4-3-5-14-15(11)21(2)9-20-14/h3-7,9,22H,8H2,1-2H3,(H,19,23). The Labute approximate surface area is 132 Å². The van der Waals surface area contributed by atoms with Crippen LogP contribution in [0.2, 0.25) is 0 Å². The Morgan fingerprint density at radius 3 is 2.91 bits per heavy atom. The second-order valence-electron chi connectivity index (χ2n) is 5.45. The third-order valence-electron chi connectivity index (χ3n) is 3.78. The third kappa shape index (κ3) is 2.75. The number of rotatable bonds is 3. The van der Waals surface area contributed by atoms with E-state index >= 15 is 0 Å². The molecular formula is C17H16FN3O2. The van der Waals surface area contributed by atoms with Crippen molar-refractivity contribution >= 4 is 16.9 Å². The number of aromatic nitrogens is 2. The summed E-state index contributed by atoms with van der Waals surface area (Å²) in [7, 11) is 1.89. The van der Waals surface area contributed by atoms with Crippen LogP contribution in [0.3, 0.4) is 0 Å². The average molecular weight is 313 g/mol. The number of carbonyl (C=O) groups excluding carboxylic acids is 1. The lowest BCUT2D eigenvalue weighted by Crippen LogP contribution is -2.23. The van der Waals surface area contributed by atoms with Gasteiger partial charge in [-0.2, -0.15) is 0 Å². The molecule has 0 aliphatic rings. The molecular weight excluding hydrogens is 297 g/mol. The number of hydrogen-bond donors (Lipinski definition) is 2. The molecule has 118 valence electrons. The van der Waals surface area contributed by atoms with Gasteiger partial charge >= 0.3 is 0 Å². The Bertz CT molecular complexity index is 879. The first-order valence-corrected chi connectivity index (χ1v) is 7.13. The highest BCUT2D eigenvalue weighted by molar-refractivity contribution is 5.94. The number of phenolic OH excluding ortho intramolecular Hbond substituents is 1. The third-order valence-corrected chi connectivity index (χ3v) is 3.78. The van der Waals surface area contributed by atoms with Crippen LogP contribution in [-0.4, -0.2) is 20.6 Å². The van der Waals surface area contributed by atoms with Crippen molar-refractivity contribution < 1.29 is 14.3 Å². The maximum atomic E-state index is 13.5. The Morgan fingerprint density at radius 1 is 1.39 bits per heavy atom. The van der Waals surface area contributed by atoms with Gasteiger partial charge in [-0.15, -0.1) is 0 Å². The lowest BCUT2D eigenvalue weighted by molar-refractivity contribution is 0.0950. The molecule has 3 rings (SSSR count). The Morgan fingerprint density at radius 2 is 2.17 bits per heavy atom. The van der Waals surface area contributed by atoms with Gasteiger partial charge in [-0.05, 0) is 36.2 Å². The second-order valence-corrected chi connectivity index (χ2v) is 5.45. The molecule has 3 aromatic rings. The molecule has 0 unspecified atom stereocenters. The lowest BCUT2D eigenvalue weighted by Gasteiger charge is -2.09. The molecule has 1 aromatic heterocycles. The highest BCUT2D eigenvalue weighted by atomic mass is 19.1. The van der Waals surface area contributed by atoms with Crippen molar-refractivity contribution in [1.82, 2.24) is 14.9 Å². The van der Waals surface area contributed by atoms with Gasteiger partial charge in [-0.1, -0.05) is 12.1 Å². The van der Waals surface area contributed by atoms with E-state index in [0.717, 1.165) is 22.7 Å². The summed E-state index contributed by atoms with van der Waals surface area (Å²) in [5.74, 6) is -1.63. The molecule has 0 saturated carbocycles. The minimum absolute atomic E-state index is 0.176. The summed E-state index contributed by atoms with van der Waals surface area (Å²) in [5.41, 5.74) is 3.22. The maximum absolute atomic E-state index is 13.5. The van der Waals surface area contributed by atoms with Gasteiger partial charge in [0, 0.05) is 19.2 Å². The number of fused-ring (bicyclic) bond motifs is 1. The predicted octanol–water partition coefficient (Wildman–Crippen LogP) is 2.66. The molecule has 5 nitrogen and oxygen atoms in total. The van der Waals surface area contributed by atoms with Crippen molar-refractivity contribution in [3.63, 3.8) is 0 Å². The van der Waals surface area contributed by atoms with E-state index in [2.05, 4.69) is 10.3 Å². The molecule has 0 radical (unpaired) electrons. The minimum atomic E-state index is -0.802. The topological polar surface area (TPSA) is 67.2 Å². The molecule has 0 aliphatic carbocycles. The SMILES string of the molecule is Cc1cc(C(=O)NCc2cccc3ncn(C)c23)cc(F)c1O. The molecule has 2 aromatic carbocycles. The van der Waals surface area contributed by atoms with Crippen LogP contribution in [0.1, 0.15) is 21.5 Å². The van der Waals surface area contributed by atoms with E-state index in [4.69, 9.17) is 0 Å². The van der Waals surface area contributed by atoms with Crippen LogP contribution in [0, 0.1) is 12.7 Å². The Balaban J connectivity index is 1.82. The van der Waals surface area contributed by atoms with Crippen LogP contribution >= 0.6 is 0 Å². The first-order valence-electron chi connectivity index (χ1n) is 7.13. The van der Waals surface area contributed by atoms with Crippen molar-refractivity contribution in [2.75, 3.05) is 0 Å². The van der Waals surface area contributed by atoms with E-state index in [1.807, 2.05) is 29.8 Å². The fraction of sp³-hybridized carbons (Fsp3) is 0.176. The fourth-order valence-corrected chi connectivity index (χ4v) is 2.58. The van der Waals surface area contributed by atoms with E-state index in [0.29, 0.717) is 12.1 Å². The quantitative estimate of drug-likeness (QED) is 0.781. The zero-order chi connectivity index (χ0) is 16.6. The van der Waals surface area contributed by atoms with Gasteiger partial charge in [0.2, 0.25) is 0 Å². The van der Waals surface area contributed by atoms with Crippen molar-refractivity contribution in [2.45, 2.75) is 13.5 Å². The van der Waals surface area contributed by atoms with E-state index < -0.39 is 17.5 Å². The van der Waals surface area contributed by atoms with Gasteiger partial charge in [0.05, 0.1) is 17.4 Å². The first-order chi connectivity index (χ1) is 11.0. The zero-order valence-electron chi connectivity index (χ0n) is 12.8. The Kier molecular flexibility index (Phi) is 3.73. The molecule has 1 heterocycles. The summed E-state index contributed by atoms with van der Waals surface area (Å²) in [6.45, 7) is 1.85. The second kappa shape index (κ2) is 5.72. The number of hydrogen-bond acceptors (Lipinski definition) is 3. The molecule has 23 heavy (non-hydrogen) atoms. The lowest BCUT2D eigenvalue weighted by atomic mass is 10.1. The molecule has 0 fully saturated rings. The number of nitrogens with one attached hydrogen (secondary N) is 1. The molecule has 0 bridgehead atoms. The van der Waals surface area contributed by atoms with Crippen LogP contribution < -0.4 is 5.32 Å². The summed E-state index contributed by atoms with van der Waals surface area (Å²) < 4.78 is 15.4. The molecule has 6 heteroatoms.